The molecule has 1 aromatic heterocycles. The molecule has 0 saturated heterocycles. The van der Waals surface area contributed by atoms with E-state index in [0.717, 1.165) is 11.1 Å². The Morgan fingerprint density at radius 3 is 2.68 bits per heavy atom. The lowest BCUT2D eigenvalue weighted by Crippen LogP contribution is -2.57. The van der Waals surface area contributed by atoms with E-state index >= 15 is 0 Å². The highest BCUT2D eigenvalue weighted by Gasteiger charge is 2.39. The largest absolute Gasteiger partial charge is 0.502 e. The fourth-order valence-corrected chi connectivity index (χ4v) is 4.80. The molecule has 2 aliphatic heterocycles. The third-order valence-corrected chi connectivity index (χ3v) is 6.52. The molecule has 3 aromatic rings. The molecule has 8 heteroatoms. The lowest BCUT2D eigenvalue weighted by atomic mass is 9.97. The third-order valence-electron chi connectivity index (χ3n) is 6.29. The Bertz CT molecular complexity index is 1320. The lowest BCUT2D eigenvalue weighted by Gasteiger charge is -2.45. The molecule has 5 rings (SSSR count). The average Bonchev–Trinajstić information content (AvgIpc) is 2.87. The monoisotopic (exact) mass is 477 g/mol. The summed E-state index contributed by atoms with van der Waals surface area (Å²) in [5.41, 5.74) is 1.15. The second-order valence-corrected chi connectivity index (χ2v) is 8.72. The zero-order valence-corrected chi connectivity index (χ0v) is 19.4. The first-order valence-electron chi connectivity index (χ1n) is 11.2. The molecule has 1 amide bonds. The smallest absolute Gasteiger partial charge is 0.278 e. The Balaban J connectivity index is 1.82. The number of nitrogens with zero attached hydrogens (tertiary/aromatic N) is 3. The lowest BCUT2D eigenvalue weighted by molar-refractivity contribution is 0.0626. The minimum atomic E-state index is -0.596. The molecule has 1 N–H and O–H groups in total. The number of rotatable bonds is 2. The highest BCUT2D eigenvalue weighted by atomic mass is 35.5. The van der Waals surface area contributed by atoms with Gasteiger partial charge in [0.1, 0.15) is 25.1 Å². The van der Waals surface area contributed by atoms with Crippen molar-refractivity contribution in [2.75, 3.05) is 18.3 Å². The van der Waals surface area contributed by atoms with E-state index in [1.165, 1.54) is 12.3 Å². The number of pyridine rings is 1. The van der Waals surface area contributed by atoms with Gasteiger partial charge in [-0.25, -0.2) is 0 Å². The van der Waals surface area contributed by atoms with E-state index in [1.807, 2.05) is 60.5 Å². The number of carbonyl (C=O) groups excluding carboxylic acids is 1. The zero-order valence-electron chi connectivity index (χ0n) is 18.6. The molecule has 2 aliphatic rings. The van der Waals surface area contributed by atoms with Crippen LogP contribution in [0.1, 0.15) is 41.0 Å². The molecule has 0 saturated carbocycles. The van der Waals surface area contributed by atoms with Gasteiger partial charge in [0.25, 0.3) is 5.91 Å². The van der Waals surface area contributed by atoms with Crippen molar-refractivity contribution in [1.82, 2.24) is 9.58 Å². The van der Waals surface area contributed by atoms with Gasteiger partial charge in [0.2, 0.25) is 5.43 Å². The molecule has 7 nitrogen and oxygen atoms in total. The van der Waals surface area contributed by atoms with Gasteiger partial charge in [-0.2, -0.15) is 0 Å². The van der Waals surface area contributed by atoms with Gasteiger partial charge in [0.15, 0.2) is 11.4 Å². The molecule has 34 heavy (non-hydrogen) atoms. The first-order valence-corrected chi connectivity index (χ1v) is 11.5. The Morgan fingerprint density at radius 1 is 1.12 bits per heavy atom. The van der Waals surface area contributed by atoms with E-state index in [-0.39, 0.29) is 18.4 Å². The summed E-state index contributed by atoms with van der Waals surface area (Å²) in [4.78, 5) is 27.6. The number of hydrogen-bond donors (Lipinski definition) is 1. The van der Waals surface area contributed by atoms with Crippen molar-refractivity contribution in [3.8, 4) is 11.5 Å². The van der Waals surface area contributed by atoms with Crippen LogP contribution in [0.4, 0.5) is 0 Å². The summed E-state index contributed by atoms with van der Waals surface area (Å²) < 4.78 is 7.72. The number of hydrogen-bond acceptors (Lipinski definition) is 5. The Labute approximate surface area is 202 Å². The van der Waals surface area contributed by atoms with Crippen LogP contribution in [0, 0.1) is 0 Å². The Kier molecular flexibility index (Phi) is 5.79. The number of aromatic nitrogens is 1. The molecule has 0 unspecified atom stereocenters. The predicted molar refractivity (Wildman–Crippen MR) is 130 cm³/mol. The number of amides is 1. The second-order valence-electron chi connectivity index (χ2n) is 8.29. The van der Waals surface area contributed by atoms with Gasteiger partial charge in [-0.05, 0) is 30.2 Å². The minimum Gasteiger partial charge on any atom is -0.502 e. The van der Waals surface area contributed by atoms with Crippen molar-refractivity contribution in [2.45, 2.75) is 25.4 Å². The van der Waals surface area contributed by atoms with Crippen LogP contribution in [-0.4, -0.2) is 39.9 Å². The molecule has 174 valence electrons. The highest BCUT2D eigenvalue weighted by Crippen LogP contribution is 2.38. The normalized spacial score (nSPS) is 20.6. The summed E-state index contributed by atoms with van der Waals surface area (Å²) in [6.07, 6.45) is 6.00. The van der Waals surface area contributed by atoms with Gasteiger partial charge in [0.05, 0.1) is 6.04 Å². The maximum atomic E-state index is 13.5. The number of fused-ring (bicyclic) bond motifs is 5. The van der Waals surface area contributed by atoms with Gasteiger partial charge in [0, 0.05) is 22.8 Å². The van der Waals surface area contributed by atoms with Gasteiger partial charge in [-0.1, -0.05) is 61.0 Å². The molecule has 2 atom stereocenters. The van der Waals surface area contributed by atoms with Crippen LogP contribution in [0.2, 0.25) is 5.02 Å². The fraction of sp³-hybridized carbons (Fsp3) is 0.231. The first-order chi connectivity index (χ1) is 16.5. The highest BCUT2D eigenvalue weighted by molar-refractivity contribution is 6.30. The van der Waals surface area contributed by atoms with Crippen LogP contribution in [-0.2, 0) is 0 Å². The number of carbonyl (C=O) groups is 1. The molecule has 0 radical (unpaired) electrons. The van der Waals surface area contributed by atoms with Crippen molar-refractivity contribution >= 4 is 17.5 Å². The van der Waals surface area contributed by atoms with E-state index in [2.05, 4.69) is 0 Å². The van der Waals surface area contributed by atoms with Crippen LogP contribution in [0.25, 0.3) is 0 Å². The summed E-state index contributed by atoms with van der Waals surface area (Å²) in [5.74, 6) is -0.335. The van der Waals surface area contributed by atoms with Crippen molar-refractivity contribution in [3.63, 3.8) is 0 Å². The van der Waals surface area contributed by atoms with Gasteiger partial charge in [-0.3, -0.25) is 19.3 Å². The average molecular weight is 478 g/mol. The standard InChI is InChI=1S/C26H24ClN3O4/c1-2-19-9-6-14-34-22-15-18(27)10-11-20(22)23(17-7-4-3-5-8-17)30-16-28(19)26(33)24-25(32)21(31)12-13-29(24)30/h3-13,15,19,23,32H,2,14,16H2,1H3/b9-6+/t19-,23-/m0/s1. The van der Waals surface area contributed by atoms with Crippen molar-refractivity contribution in [3.05, 3.63) is 105 Å². The molecule has 2 bridgehead atoms. The summed E-state index contributed by atoms with van der Waals surface area (Å²) in [5, 5.41) is 13.2. The van der Waals surface area contributed by atoms with Crippen molar-refractivity contribution in [1.29, 1.82) is 0 Å². The quantitative estimate of drug-likeness (QED) is 0.563. The van der Waals surface area contributed by atoms with Crippen LogP contribution < -0.4 is 15.2 Å². The SMILES string of the molecule is CC[C@H]1/C=C/COc2cc(Cl)ccc2[C@H](c2ccccc2)N2CN1C(=O)c1c(O)c(=O)ccn12. The number of aromatic hydroxyl groups is 1. The summed E-state index contributed by atoms with van der Waals surface area (Å²) in [6, 6.07) is 16.0. The maximum Gasteiger partial charge on any atom is 0.278 e. The van der Waals surface area contributed by atoms with E-state index in [1.54, 1.807) is 21.7 Å². The van der Waals surface area contributed by atoms with E-state index < -0.39 is 23.1 Å². The van der Waals surface area contributed by atoms with Crippen LogP contribution in [0.15, 0.2) is 77.7 Å². The Morgan fingerprint density at radius 2 is 1.91 bits per heavy atom. The predicted octanol–water partition coefficient (Wildman–Crippen LogP) is 4.08. The van der Waals surface area contributed by atoms with Gasteiger partial charge in [-0.15, -0.1) is 0 Å². The van der Waals surface area contributed by atoms with Gasteiger partial charge < -0.3 is 14.7 Å². The van der Waals surface area contributed by atoms with Crippen LogP contribution in [0.5, 0.6) is 11.5 Å². The number of benzene rings is 2. The second kappa shape index (κ2) is 8.91. The fourth-order valence-electron chi connectivity index (χ4n) is 4.63. The van der Waals surface area contributed by atoms with Gasteiger partial charge >= 0.3 is 0 Å². The molecular formula is C26H24ClN3O4. The minimum absolute atomic E-state index is 0.0535. The number of halogens is 1. The zero-order chi connectivity index (χ0) is 23.8. The van der Waals surface area contributed by atoms with Crippen LogP contribution >= 0.6 is 11.6 Å². The van der Waals surface area contributed by atoms with E-state index in [0.29, 0.717) is 23.8 Å². The first kappa shape index (κ1) is 22.1. The van der Waals surface area contributed by atoms with Crippen LogP contribution in [0.3, 0.4) is 0 Å². The summed E-state index contributed by atoms with van der Waals surface area (Å²) >= 11 is 6.32. The molecule has 0 aliphatic carbocycles. The topological polar surface area (TPSA) is 75.0 Å². The molecule has 0 fully saturated rings. The summed E-state index contributed by atoms with van der Waals surface area (Å²) in [7, 11) is 0. The summed E-state index contributed by atoms with van der Waals surface area (Å²) in [6.45, 7) is 2.53. The molecule has 2 aromatic carbocycles. The molecule has 3 heterocycles. The molecular weight excluding hydrogens is 454 g/mol. The van der Waals surface area contributed by atoms with Crippen molar-refractivity contribution in [2.24, 2.45) is 0 Å². The van der Waals surface area contributed by atoms with E-state index in [9.17, 15) is 14.7 Å². The number of ether oxygens (including phenoxy) is 1. The Hall–Kier alpha value is -3.71. The third kappa shape index (κ3) is 3.72. The van der Waals surface area contributed by atoms with Crippen molar-refractivity contribution < 1.29 is 14.6 Å². The van der Waals surface area contributed by atoms with E-state index in [4.69, 9.17) is 16.3 Å². The maximum absolute atomic E-state index is 13.5. The molecule has 0 spiro atoms.